The first-order valence-electron chi connectivity index (χ1n) is 29.2. The van der Waals surface area contributed by atoms with Crippen LogP contribution in [0.2, 0.25) is 0 Å². The Balaban J connectivity index is 4.16. The summed E-state index contributed by atoms with van der Waals surface area (Å²) in [5.41, 5.74) is 0. The van der Waals surface area contributed by atoms with E-state index in [0.717, 1.165) is 122 Å². The Labute approximate surface area is 432 Å². The lowest BCUT2D eigenvalue weighted by molar-refractivity contribution is -0.167. The summed E-state index contributed by atoms with van der Waals surface area (Å²) in [6.07, 6.45) is 77.0. The highest BCUT2D eigenvalue weighted by Gasteiger charge is 2.19. The molecule has 0 radical (unpaired) electrons. The maximum absolute atomic E-state index is 12.8. The van der Waals surface area contributed by atoms with Crippen LogP contribution in [0, 0.1) is 0 Å². The van der Waals surface area contributed by atoms with Crippen molar-refractivity contribution in [3.8, 4) is 0 Å². The molecule has 6 nitrogen and oxygen atoms in total. The first-order valence-corrected chi connectivity index (χ1v) is 29.2. The Bertz CT molecular complexity index is 1400. The topological polar surface area (TPSA) is 78.9 Å². The molecule has 0 aromatic rings. The van der Waals surface area contributed by atoms with Crippen molar-refractivity contribution in [1.29, 1.82) is 0 Å². The van der Waals surface area contributed by atoms with Crippen LogP contribution in [0.3, 0.4) is 0 Å². The van der Waals surface area contributed by atoms with E-state index >= 15 is 0 Å². The van der Waals surface area contributed by atoms with Gasteiger partial charge in [0.15, 0.2) is 6.10 Å². The molecule has 0 aromatic carbocycles. The zero-order valence-electron chi connectivity index (χ0n) is 45.8. The van der Waals surface area contributed by atoms with Crippen molar-refractivity contribution >= 4 is 17.9 Å². The predicted molar refractivity (Wildman–Crippen MR) is 302 cm³/mol. The Hall–Kier alpha value is -3.67. The minimum absolute atomic E-state index is 0.0802. The van der Waals surface area contributed by atoms with E-state index in [4.69, 9.17) is 14.2 Å². The number of allylic oxidation sites excluding steroid dienone is 16. The number of esters is 3. The summed E-state index contributed by atoms with van der Waals surface area (Å²) in [6.45, 7) is 6.46. The molecule has 0 rings (SSSR count). The number of rotatable bonds is 52. The first kappa shape index (κ1) is 66.3. The maximum atomic E-state index is 12.8. The van der Waals surface area contributed by atoms with Gasteiger partial charge >= 0.3 is 17.9 Å². The number of carbonyl (C=O) groups is 3. The highest BCUT2D eigenvalue weighted by Crippen LogP contribution is 2.15. The zero-order valence-corrected chi connectivity index (χ0v) is 45.8. The fourth-order valence-electron chi connectivity index (χ4n) is 7.93. The average Bonchev–Trinajstić information content (AvgIpc) is 3.36. The van der Waals surface area contributed by atoms with Gasteiger partial charge in [-0.3, -0.25) is 14.4 Å². The number of ether oxygens (including phenoxy) is 3. The molecule has 0 fully saturated rings. The van der Waals surface area contributed by atoms with Gasteiger partial charge < -0.3 is 14.2 Å². The molecule has 0 spiro atoms. The van der Waals surface area contributed by atoms with Gasteiger partial charge in [0, 0.05) is 19.3 Å². The average molecular weight is 974 g/mol. The fourth-order valence-corrected chi connectivity index (χ4v) is 7.93. The molecule has 0 aliphatic rings. The second kappa shape index (κ2) is 57.9. The molecule has 400 valence electrons. The number of hydrogen-bond donors (Lipinski definition) is 0. The monoisotopic (exact) mass is 973 g/mol. The molecular weight excluding hydrogens is 865 g/mol. The van der Waals surface area contributed by atoms with Gasteiger partial charge in [0.25, 0.3) is 0 Å². The Morgan fingerprint density at radius 2 is 0.571 bits per heavy atom. The predicted octanol–water partition coefficient (Wildman–Crippen LogP) is 19.7. The van der Waals surface area contributed by atoms with Crippen molar-refractivity contribution in [3.05, 3.63) is 97.2 Å². The van der Waals surface area contributed by atoms with Crippen LogP contribution in [-0.2, 0) is 28.6 Å². The number of hydrogen-bond acceptors (Lipinski definition) is 6. The van der Waals surface area contributed by atoms with Gasteiger partial charge in [-0.2, -0.15) is 0 Å². The van der Waals surface area contributed by atoms with Crippen LogP contribution in [0.4, 0.5) is 0 Å². The Morgan fingerprint density at radius 1 is 0.300 bits per heavy atom. The Kier molecular flexibility index (Phi) is 54.9. The van der Waals surface area contributed by atoms with E-state index in [2.05, 4.69) is 118 Å². The molecule has 0 bridgehead atoms. The fraction of sp³-hybridized carbons (Fsp3) is 0.703. The van der Waals surface area contributed by atoms with E-state index in [0.29, 0.717) is 19.3 Å². The van der Waals surface area contributed by atoms with E-state index in [1.54, 1.807) is 0 Å². The van der Waals surface area contributed by atoms with E-state index in [1.807, 2.05) is 0 Å². The van der Waals surface area contributed by atoms with Gasteiger partial charge in [-0.1, -0.05) is 253 Å². The van der Waals surface area contributed by atoms with E-state index in [1.165, 1.54) is 109 Å². The molecule has 0 amide bonds. The molecule has 0 aromatic heterocycles. The van der Waals surface area contributed by atoms with Crippen molar-refractivity contribution in [3.63, 3.8) is 0 Å². The largest absolute Gasteiger partial charge is 0.462 e. The van der Waals surface area contributed by atoms with Crippen molar-refractivity contribution < 1.29 is 28.6 Å². The molecule has 1 unspecified atom stereocenters. The maximum Gasteiger partial charge on any atom is 0.306 e. The first-order chi connectivity index (χ1) is 34.5. The minimum Gasteiger partial charge on any atom is -0.462 e. The molecule has 1 atom stereocenters. The third-order valence-corrected chi connectivity index (χ3v) is 12.3. The molecule has 0 aliphatic carbocycles. The van der Waals surface area contributed by atoms with Gasteiger partial charge in [-0.25, -0.2) is 0 Å². The molecule has 0 aliphatic heterocycles. The number of carbonyl (C=O) groups excluding carboxylic acids is 3. The molecular formula is C64H108O6. The summed E-state index contributed by atoms with van der Waals surface area (Å²) in [7, 11) is 0. The lowest BCUT2D eigenvalue weighted by Gasteiger charge is -2.18. The highest BCUT2D eigenvalue weighted by molar-refractivity contribution is 5.71. The van der Waals surface area contributed by atoms with Gasteiger partial charge in [-0.05, 0) is 96.3 Å². The molecule has 0 saturated carbocycles. The Morgan fingerprint density at radius 3 is 0.929 bits per heavy atom. The van der Waals surface area contributed by atoms with Gasteiger partial charge in [0.1, 0.15) is 13.2 Å². The van der Waals surface area contributed by atoms with Gasteiger partial charge in [0.2, 0.25) is 0 Å². The normalized spacial score (nSPS) is 12.8. The van der Waals surface area contributed by atoms with E-state index < -0.39 is 6.10 Å². The van der Waals surface area contributed by atoms with Crippen LogP contribution in [-0.4, -0.2) is 37.2 Å². The van der Waals surface area contributed by atoms with Crippen molar-refractivity contribution in [2.75, 3.05) is 13.2 Å². The zero-order chi connectivity index (χ0) is 50.7. The molecule has 0 N–H and O–H groups in total. The summed E-state index contributed by atoms with van der Waals surface area (Å²) in [6, 6.07) is 0. The van der Waals surface area contributed by atoms with Crippen LogP contribution in [0.5, 0.6) is 0 Å². The highest BCUT2D eigenvalue weighted by atomic mass is 16.6. The van der Waals surface area contributed by atoms with E-state index in [-0.39, 0.29) is 31.1 Å². The minimum atomic E-state index is -0.781. The standard InChI is InChI=1S/C64H108O6/c1-4-7-10-13-16-19-22-23-24-25-26-27-28-29-30-31-32-33-34-35-36-37-38-39-40-41-43-45-48-51-54-57-63(66)69-60-61(59-68-62(65)56-53-50-47-44-21-18-15-12-9-6-3)70-64(67)58-55-52-49-46-42-20-17-14-11-8-5-2/h7,10,14,16-17,19,23-24,26-27,29-30,32-33,35-36,61H,4-6,8-9,11-13,15,18,20-22,25,28,31,34,37-60H2,1-3H3/b10-7-,17-14-,19-16-,24-23-,27-26-,30-29-,33-32-,36-35-. The molecule has 0 heterocycles. The molecule has 6 heteroatoms. The van der Waals surface area contributed by atoms with Crippen molar-refractivity contribution in [2.24, 2.45) is 0 Å². The summed E-state index contributed by atoms with van der Waals surface area (Å²) in [4.78, 5) is 38.0. The van der Waals surface area contributed by atoms with Crippen LogP contribution in [0.1, 0.15) is 271 Å². The molecule has 70 heavy (non-hydrogen) atoms. The SMILES string of the molecule is CC/C=C\C/C=C\C/C=C\C/C=C\C/C=C\C/C=C\C/C=C\CCCCCCCCCCCC(=O)OCC(COC(=O)CCCCCCCCCCCC)OC(=O)CCCCCCC/C=C\CCCC. The van der Waals surface area contributed by atoms with Crippen LogP contribution in [0.15, 0.2) is 97.2 Å². The third kappa shape index (κ3) is 55.3. The smallest absolute Gasteiger partial charge is 0.306 e. The second-order valence-electron chi connectivity index (χ2n) is 19.2. The van der Waals surface area contributed by atoms with Gasteiger partial charge in [-0.15, -0.1) is 0 Å². The number of unbranched alkanes of at least 4 members (excludes halogenated alkanes) is 25. The van der Waals surface area contributed by atoms with Crippen LogP contribution < -0.4 is 0 Å². The van der Waals surface area contributed by atoms with Gasteiger partial charge in [0.05, 0.1) is 0 Å². The van der Waals surface area contributed by atoms with Crippen molar-refractivity contribution in [2.45, 2.75) is 277 Å². The summed E-state index contributed by atoms with van der Waals surface area (Å²) >= 11 is 0. The molecule has 0 saturated heterocycles. The lowest BCUT2D eigenvalue weighted by Crippen LogP contribution is -2.30. The third-order valence-electron chi connectivity index (χ3n) is 12.3. The summed E-state index contributed by atoms with van der Waals surface area (Å²) in [5, 5.41) is 0. The van der Waals surface area contributed by atoms with Crippen LogP contribution in [0.25, 0.3) is 0 Å². The van der Waals surface area contributed by atoms with Crippen LogP contribution >= 0.6 is 0 Å². The van der Waals surface area contributed by atoms with E-state index in [9.17, 15) is 14.4 Å². The lowest BCUT2D eigenvalue weighted by atomic mass is 10.1. The summed E-state index contributed by atoms with van der Waals surface area (Å²) < 4.78 is 16.8. The summed E-state index contributed by atoms with van der Waals surface area (Å²) in [5.74, 6) is -0.896. The quantitative estimate of drug-likeness (QED) is 0.0262. The van der Waals surface area contributed by atoms with Crippen molar-refractivity contribution in [1.82, 2.24) is 0 Å². The second-order valence-corrected chi connectivity index (χ2v) is 19.2.